The van der Waals surface area contributed by atoms with E-state index >= 15 is 0 Å². The van der Waals surface area contributed by atoms with Crippen molar-refractivity contribution in [2.24, 2.45) is 0 Å². The number of rotatable bonds is 3. The van der Waals surface area contributed by atoms with Crippen molar-refractivity contribution in [3.63, 3.8) is 0 Å². The van der Waals surface area contributed by atoms with Crippen molar-refractivity contribution < 1.29 is 0 Å². The largest absolute Gasteiger partial charge is 0.369 e. The molecular formula is C18H25N3. The van der Waals surface area contributed by atoms with Gasteiger partial charge in [0.1, 0.15) is 0 Å². The lowest BCUT2D eigenvalue weighted by atomic mass is 10.1. The molecule has 2 N–H and O–H groups in total. The van der Waals surface area contributed by atoms with E-state index in [1.807, 2.05) is 0 Å². The van der Waals surface area contributed by atoms with E-state index in [4.69, 9.17) is 5.73 Å². The lowest BCUT2D eigenvalue weighted by molar-refractivity contribution is 0.441. The van der Waals surface area contributed by atoms with Gasteiger partial charge in [-0.3, -0.25) is 0 Å². The number of imidazole rings is 1. The molecule has 0 spiro atoms. The second-order valence-electron chi connectivity index (χ2n) is 6.18. The predicted octanol–water partition coefficient (Wildman–Crippen LogP) is 4.26. The van der Waals surface area contributed by atoms with Gasteiger partial charge in [0, 0.05) is 18.2 Å². The molecule has 0 radical (unpaired) electrons. The third-order valence-corrected chi connectivity index (χ3v) is 4.68. The van der Waals surface area contributed by atoms with Crippen molar-refractivity contribution in [3.05, 3.63) is 47.3 Å². The molecule has 1 aromatic carbocycles. The summed E-state index contributed by atoms with van der Waals surface area (Å²) in [6, 6.07) is 11.1. The van der Waals surface area contributed by atoms with Gasteiger partial charge in [0.05, 0.1) is 5.69 Å². The van der Waals surface area contributed by atoms with E-state index in [2.05, 4.69) is 46.8 Å². The Bertz CT molecular complexity index is 578. The van der Waals surface area contributed by atoms with Crippen LogP contribution in [0.3, 0.4) is 0 Å². The van der Waals surface area contributed by atoms with Crippen molar-refractivity contribution in [2.75, 3.05) is 5.73 Å². The molecule has 112 valence electrons. The van der Waals surface area contributed by atoms with E-state index in [1.54, 1.807) is 0 Å². The van der Waals surface area contributed by atoms with E-state index in [9.17, 15) is 0 Å². The minimum absolute atomic E-state index is 0.546. The Labute approximate surface area is 127 Å². The molecule has 0 unspecified atom stereocenters. The molecule has 1 aromatic heterocycles. The fourth-order valence-corrected chi connectivity index (χ4v) is 3.52. The quantitative estimate of drug-likeness (QED) is 0.855. The molecule has 0 atom stereocenters. The van der Waals surface area contributed by atoms with Crippen LogP contribution in [0.2, 0.25) is 0 Å². The van der Waals surface area contributed by atoms with E-state index < -0.39 is 0 Å². The van der Waals surface area contributed by atoms with E-state index in [-0.39, 0.29) is 0 Å². The van der Waals surface area contributed by atoms with Crippen LogP contribution in [0.4, 0.5) is 5.95 Å². The average molecular weight is 283 g/mol. The highest BCUT2D eigenvalue weighted by molar-refractivity contribution is 5.33. The number of nitrogen functional groups attached to an aromatic ring is 1. The van der Waals surface area contributed by atoms with E-state index in [0.29, 0.717) is 12.0 Å². The third-order valence-electron chi connectivity index (χ3n) is 4.68. The summed E-state index contributed by atoms with van der Waals surface area (Å²) in [6.07, 6.45) is 8.71. The highest BCUT2D eigenvalue weighted by atomic mass is 15.2. The van der Waals surface area contributed by atoms with E-state index in [0.717, 1.165) is 12.1 Å². The SMILES string of the molecule is Cc1c(Cc2ccccc2)nc(N)n1C1CCCCCC1. The highest BCUT2D eigenvalue weighted by Crippen LogP contribution is 2.31. The summed E-state index contributed by atoms with van der Waals surface area (Å²) in [5.41, 5.74) is 9.91. The molecule has 1 aliphatic carbocycles. The molecule has 0 aliphatic heterocycles. The van der Waals surface area contributed by atoms with Crippen LogP contribution in [-0.4, -0.2) is 9.55 Å². The van der Waals surface area contributed by atoms with Crippen molar-refractivity contribution in [2.45, 2.75) is 57.9 Å². The van der Waals surface area contributed by atoms with Crippen LogP contribution in [0.5, 0.6) is 0 Å². The number of aromatic nitrogens is 2. The monoisotopic (exact) mass is 283 g/mol. The number of nitrogens with zero attached hydrogens (tertiary/aromatic N) is 2. The summed E-state index contributed by atoms with van der Waals surface area (Å²) < 4.78 is 2.30. The Morgan fingerprint density at radius 3 is 2.43 bits per heavy atom. The maximum atomic E-state index is 6.23. The molecule has 3 nitrogen and oxygen atoms in total. The summed E-state index contributed by atoms with van der Waals surface area (Å²) >= 11 is 0. The molecule has 3 heteroatoms. The Morgan fingerprint density at radius 1 is 1.10 bits per heavy atom. The normalized spacial score (nSPS) is 16.8. The van der Waals surface area contributed by atoms with Crippen LogP contribution in [0.25, 0.3) is 0 Å². The Hall–Kier alpha value is -1.77. The third kappa shape index (κ3) is 3.12. The minimum atomic E-state index is 0.546. The number of hydrogen-bond acceptors (Lipinski definition) is 2. The first-order valence-electron chi connectivity index (χ1n) is 8.13. The number of anilines is 1. The summed E-state index contributed by atoms with van der Waals surface area (Å²) in [5, 5.41) is 0. The van der Waals surface area contributed by atoms with Crippen LogP contribution in [0, 0.1) is 6.92 Å². The number of nitrogens with two attached hydrogens (primary N) is 1. The molecule has 21 heavy (non-hydrogen) atoms. The summed E-state index contributed by atoms with van der Waals surface area (Å²) in [4.78, 5) is 4.65. The molecule has 1 fully saturated rings. The molecule has 1 saturated carbocycles. The van der Waals surface area contributed by atoms with Crippen LogP contribution in [0.15, 0.2) is 30.3 Å². The van der Waals surface area contributed by atoms with Gasteiger partial charge in [0.15, 0.2) is 0 Å². The van der Waals surface area contributed by atoms with Crippen molar-refractivity contribution in [1.82, 2.24) is 9.55 Å². The predicted molar refractivity (Wildman–Crippen MR) is 87.4 cm³/mol. The van der Waals surface area contributed by atoms with Crippen molar-refractivity contribution in [1.29, 1.82) is 0 Å². The van der Waals surface area contributed by atoms with E-state index in [1.165, 1.54) is 49.8 Å². The van der Waals surface area contributed by atoms with Gasteiger partial charge in [-0.2, -0.15) is 0 Å². The maximum Gasteiger partial charge on any atom is 0.200 e. The summed E-state index contributed by atoms with van der Waals surface area (Å²) in [5.74, 6) is 0.699. The fraction of sp³-hybridized carbons (Fsp3) is 0.500. The van der Waals surface area contributed by atoms with Gasteiger partial charge in [-0.05, 0) is 25.3 Å². The molecule has 0 saturated heterocycles. The van der Waals surface area contributed by atoms with Crippen molar-refractivity contribution >= 4 is 5.95 Å². The van der Waals surface area contributed by atoms with Gasteiger partial charge < -0.3 is 10.3 Å². The first-order valence-corrected chi connectivity index (χ1v) is 8.13. The molecule has 1 heterocycles. The lowest BCUT2D eigenvalue weighted by Crippen LogP contribution is -2.13. The maximum absolute atomic E-state index is 6.23. The Balaban J connectivity index is 1.85. The second-order valence-corrected chi connectivity index (χ2v) is 6.18. The zero-order valence-corrected chi connectivity index (χ0v) is 12.9. The molecule has 0 bridgehead atoms. The minimum Gasteiger partial charge on any atom is -0.369 e. The van der Waals surface area contributed by atoms with Crippen LogP contribution < -0.4 is 5.73 Å². The Morgan fingerprint density at radius 2 is 1.76 bits per heavy atom. The standard InChI is InChI=1S/C18H25N3/c1-14-17(13-15-9-5-4-6-10-15)20-18(19)21(14)16-11-7-2-3-8-12-16/h4-6,9-10,16H,2-3,7-8,11-13H2,1H3,(H2,19,20). The van der Waals surface area contributed by atoms with Crippen LogP contribution in [0.1, 0.15) is 61.5 Å². The van der Waals surface area contributed by atoms with Gasteiger partial charge in [0.25, 0.3) is 0 Å². The van der Waals surface area contributed by atoms with Crippen molar-refractivity contribution in [3.8, 4) is 0 Å². The summed E-state index contributed by atoms with van der Waals surface area (Å²) in [7, 11) is 0. The summed E-state index contributed by atoms with van der Waals surface area (Å²) in [6.45, 7) is 2.17. The second kappa shape index (κ2) is 6.33. The van der Waals surface area contributed by atoms with Crippen LogP contribution in [-0.2, 0) is 6.42 Å². The van der Waals surface area contributed by atoms with Gasteiger partial charge in [-0.25, -0.2) is 4.98 Å². The lowest BCUT2D eigenvalue weighted by Gasteiger charge is -2.19. The van der Waals surface area contributed by atoms with Crippen LogP contribution >= 0.6 is 0 Å². The number of hydrogen-bond donors (Lipinski definition) is 1. The molecule has 1 aliphatic rings. The number of benzene rings is 1. The zero-order chi connectivity index (χ0) is 14.7. The zero-order valence-electron chi connectivity index (χ0n) is 12.9. The topological polar surface area (TPSA) is 43.8 Å². The van der Waals surface area contributed by atoms with Gasteiger partial charge in [-0.15, -0.1) is 0 Å². The fourth-order valence-electron chi connectivity index (χ4n) is 3.52. The average Bonchev–Trinajstić information content (AvgIpc) is 2.70. The van der Waals surface area contributed by atoms with Gasteiger partial charge >= 0.3 is 0 Å². The molecular weight excluding hydrogens is 258 g/mol. The highest BCUT2D eigenvalue weighted by Gasteiger charge is 2.20. The van der Waals surface area contributed by atoms with Gasteiger partial charge in [-0.1, -0.05) is 56.0 Å². The first-order chi connectivity index (χ1) is 10.3. The molecule has 3 rings (SSSR count). The Kier molecular flexibility index (Phi) is 4.28. The van der Waals surface area contributed by atoms with Gasteiger partial charge in [0.2, 0.25) is 5.95 Å². The first kappa shape index (κ1) is 14.2. The molecule has 2 aromatic rings. The molecule has 0 amide bonds. The smallest absolute Gasteiger partial charge is 0.200 e.